The van der Waals surface area contributed by atoms with Crippen LogP contribution in [0.1, 0.15) is 11.1 Å². The first-order valence-electron chi connectivity index (χ1n) is 5.03. The quantitative estimate of drug-likeness (QED) is 0.807. The van der Waals surface area contributed by atoms with Gasteiger partial charge in [0.15, 0.2) is 0 Å². The van der Waals surface area contributed by atoms with Gasteiger partial charge in [-0.2, -0.15) is 5.10 Å². The van der Waals surface area contributed by atoms with Crippen molar-refractivity contribution in [2.75, 3.05) is 0 Å². The predicted molar refractivity (Wildman–Crippen MR) is 59.2 cm³/mol. The smallest absolute Gasteiger partial charge is 0.0534 e. The highest BCUT2D eigenvalue weighted by Gasteiger charge is 1.97. The van der Waals surface area contributed by atoms with Crippen molar-refractivity contribution >= 4 is 0 Å². The van der Waals surface area contributed by atoms with Gasteiger partial charge < -0.3 is 9.88 Å². The average Bonchev–Trinajstić information content (AvgIpc) is 2.76. The van der Waals surface area contributed by atoms with Gasteiger partial charge in [0.2, 0.25) is 0 Å². The lowest BCUT2D eigenvalue weighted by Gasteiger charge is -2.00. The van der Waals surface area contributed by atoms with Crippen molar-refractivity contribution in [1.82, 2.24) is 19.7 Å². The largest absolute Gasteiger partial charge is 0.357 e. The lowest BCUT2D eigenvalue weighted by atomic mass is 10.3. The molecule has 15 heavy (non-hydrogen) atoms. The molecule has 0 atom stereocenters. The standard InChI is InChI=1S/C11H16N4/c1-14-4-3-10(8-14)5-12-6-11-7-13-15(2)9-11/h3-4,7-9,12H,5-6H2,1-2H3. The Bertz CT molecular complexity index is 387. The molecule has 0 unspecified atom stereocenters. The first-order chi connectivity index (χ1) is 7.24. The fourth-order valence-electron chi connectivity index (χ4n) is 1.58. The Labute approximate surface area is 89.5 Å². The van der Waals surface area contributed by atoms with E-state index in [-0.39, 0.29) is 0 Å². The fourth-order valence-corrected chi connectivity index (χ4v) is 1.58. The van der Waals surface area contributed by atoms with E-state index in [9.17, 15) is 0 Å². The molecule has 2 aromatic heterocycles. The maximum Gasteiger partial charge on any atom is 0.0534 e. The Morgan fingerprint density at radius 1 is 1.20 bits per heavy atom. The van der Waals surface area contributed by atoms with E-state index in [1.165, 1.54) is 11.1 Å². The highest BCUT2D eigenvalue weighted by atomic mass is 15.2. The lowest BCUT2D eigenvalue weighted by Crippen LogP contribution is -2.11. The molecule has 0 saturated carbocycles. The minimum atomic E-state index is 0.864. The zero-order valence-electron chi connectivity index (χ0n) is 9.14. The van der Waals surface area contributed by atoms with Crippen molar-refractivity contribution < 1.29 is 0 Å². The normalized spacial score (nSPS) is 10.8. The van der Waals surface area contributed by atoms with E-state index >= 15 is 0 Å². The van der Waals surface area contributed by atoms with Gasteiger partial charge in [-0.05, 0) is 11.6 Å². The molecule has 0 aliphatic carbocycles. The molecule has 4 nitrogen and oxygen atoms in total. The summed E-state index contributed by atoms with van der Waals surface area (Å²) in [5.74, 6) is 0. The number of hydrogen-bond acceptors (Lipinski definition) is 2. The molecular weight excluding hydrogens is 188 g/mol. The lowest BCUT2D eigenvalue weighted by molar-refractivity contribution is 0.690. The Kier molecular flexibility index (Phi) is 2.87. The zero-order valence-corrected chi connectivity index (χ0v) is 9.14. The second-order valence-electron chi connectivity index (χ2n) is 3.81. The number of aromatic nitrogens is 3. The Balaban J connectivity index is 1.80. The van der Waals surface area contributed by atoms with Crippen molar-refractivity contribution in [2.24, 2.45) is 14.1 Å². The number of nitrogens with one attached hydrogen (secondary N) is 1. The molecule has 0 spiro atoms. The van der Waals surface area contributed by atoms with Crippen LogP contribution in [0.4, 0.5) is 0 Å². The molecule has 0 fully saturated rings. The van der Waals surface area contributed by atoms with Crippen LogP contribution in [-0.2, 0) is 27.2 Å². The maximum absolute atomic E-state index is 4.12. The third kappa shape index (κ3) is 2.70. The molecule has 4 heteroatoms. The molecule has 0 aliphatic rings. The fraction of sp³-hybridized carbons (Fsp3) is 0.364. The summed E-state index contributed by atoms with van der Waals surface area (Å²) < 4.78 is 3.88. The second kappa shape index (κ2) is 4.31. The van der Waals surface area contributed by atoms with Crippen molar-refractivity contribution in [3.63, 3.8) is 0 Å². The van der Waals surface area contributed by atoms with Crippen molar-refractivity contribution in [2.45, 2.75) is 13.1 Å². The van der Waals surface area contributed by atoms with E-state index in [0.29, 0.717) is 0 Å². The van der Waals surface area contributed by atoms with Gasteiger partial charge in [-0.3, -0.25) is 4.68 Å². The van der Waals surface area contributed by atoms with Crippen LogP contribution in [0.2, 0.25) is 0 Å². The van der Waals surface area contributed by atoms with Crippen molar-refractivity contribution in [3.05, 3.63) is 42.0 Å². The van der Waals surface area contributed by atoms with Crippen molar-refractivity contribution in [1.29, 1.82) is 0 Å². The van der Waals surface area contributed by atoms with E-state index in [2.05, 4.69) is 33.4 Å². The Hall–Kier alpha value is -1.55. The highest BCUT2D eigenvalue weighted by molar-refractivity contribution is 5.10. The van der Waals surface area contributed by atoms with Gasteiger partial charge in [0.05, 0.1) is 6.20 Å². The van der Waals surface area contributed by atoms with Crippen LogP contribution in [0, 0.1) is 0 Å². The van der Waals surface area contributed by atoms with E-state index in [4.69, 9.17) is 0 Å². The Morgan fingerprint density at radius 2 is 2.00 bits per heavy atom. The summed E-state index contributed by atoms with van der Waals surface area (Å²) in [5.41, 5.74) is 2.52. The van der Waals surface area contributed by atoms with Crippen LogP contribution < -0.4 is 5.32 Å². The van der Waals surface area contributed by atoms with Crippen LogP contribution >= 0.6 is 0 Å². The molecule has 0 aromatic carbocycles. The summed E-state index contributed by atoms with van der Waals surface area (Å²) in [5, 5.41) is 7.50. The Morgan fingerprint density at radius 3 is 2.60 bits per heavy atom. The number of rotatable bonds is 4. The topological polar surface area (TPSA) is 34.8 Å². The first-order valence-corrected chi connectivity index (χ1v) is 5.03. The minimum absolute atomic E-state index is 0.864. The third-order valence-corrected chi connectivity index (χ3v) is 2.31. The molecule has 0 saturated heterocycles. The molecule has 0 aliphatic heterocycles. The van der Waals surface area contributed by atoms with Crippen LogP contribution in [-0.4, -0.2) is 14.3 Å². The van der Waals surface area contributed by atoms with Crippen LogP contribution in [0.15, 0.2) is 30.9 Å². The van der Waals surface area contributed by atoms with Gasteiger partial charge in [-0.25, -0.2) is 0 Å². The van der Waals surface area contributed by atoms with Gasteiger partial charge in [-0.15, -0.1) is 0 Å². The second-order valence-corrected chi connectivity index (χ2v) is 3.81. The monoisotopic (exact) mass is 204 g/mol. The zero-order chi connectivity index (χ0) is 10.7. The number of hydrogen-bond donors (Lipinski definition) is 1. The first kappa shape index (κ1) is 9.98. The van der Waals surface area contributed by atoms with E-state index in [0.717, 1.165) is 13.1 Å². The van der Waals surface area contributed by atoms with Gasteiger partial charge in [0.1, 0.15) is 0 Å². The molecule has 0 radical (unpaired) electrons. The summed E-state index contributed by atoms with van der Waals surface area (Å²) in [6.45, 7) is 1.76. The van der Waals surface area contributed by atoms with Crippen molar-refractivity contribution in [3.8, 4) is 0 Å². The molecule has 2 heterocycles. The molecular formula is C11H16N4. The van der Waals surface area contributed by atoms with Crippen LogP contribution in [0.3, 0.4) is 0 Å². The molecule has 2 rings (SSSR count). The minimum Gasteiger partial charge on any atom is -0.357 e. The highest BCUT2D eigenvalue weighted by Crippen LogP contribution is 2.00. The number of nitrogens with zero attached hydrogens (tertiary/aromatic N) is 3. The van der Waals surface area contributed by atoms with Crippen LogP contribution in [0.25, 0.3) is 0 Å². The SMILES string of the molecule is Cn1ccc(CNCc2cnn(C)c2)c1. The van der Waals surface area contributed by atoms with E-state index in [1.807, 2.05) is 31.2 Å². The molecule has 1 N–H and O–H groups in total. The van der Waals surface area contributed by atoms with E-state index in [1.54, 1.807) is 0 Å². The molecule has 0 amide bonds. The summed E-state index contributed by atoms with van der Waals surface area (Å²) in [7, 11) is 3.96. The molecule has 80 valence electrons. The molecule has 0 bridgehead atoms. The van der Waals surface area contributed by atoms with Crippen LogP contribution in [0.5, 0.6) is 0 Å². The van der Waals surface area contributed by atoms with E-state index < -0.39 is 0 Å². The summed E-state index contributed by atoms with van der Waals surface area (Å²) in [4.78, 5) is 0. The molecule has 2 aromatic rings. The average molecular weight is 204 g/mol. The summed E-state index contributed by atoms with van der Waals surface area (Å²) in [6.07, 6.45) is 8.09. The predicted octanol–water partition coefficient (Wildman–Crippen LogP) is 1.05. The van der Waals surface area contributed by atoms with Gasteiger partial charge in [0, 0.05) is 51.3 Å². The third-order valence-electron chi connectivity index (χ3n) is 2.31. The summed E-state index contributed by atoms with van der Waals surface area (Å²) >= 11 is 0. The maximum atomic E-state index is 4.12. The number of aryl methyl sites for hydroxylation is 2. The van der Waals surface area contributed by atoms with Gasteiger partial charge in [0.25, 0.3) is 0 Å². The summed E-state index contributed by atoms with van der Waals surface area (Å²) in [6, 6.07) is 2.12. The van der Waals surface area contributed by atoms with Gasteiger partial charge >= 0.3 is 0 Å². The van der Waals surface area contributed by atoms with Gasteiger partial charge in [-0.1, -0.05) is 0 Å².